The number of nitrogens with zero attached hydrogens (tertiary/aromatic N) is 2. The van der Waals surface area contributed by atoms with Crippen LogP contribution in [0.5, 0.6) is 0 Å². The summed E-state index contributed by atoms with van der Waals surface area (Å²) in [4.78, 5) is 26.3. The Hall–Kier alpha value is -1.14. The number of hydrogen-bond acceptors (Lipinski definition) is 4. The highest BCUT2D eigenvalue weighted by Gasteiger charge is 2.26. The fourth-order valence-corrected chi connectivity index (χ4v) is 1.94. The number of nitrogens with two attached hydrogens (primary N) is 1. The molecule has 3 N–H and O–H groups in total. The van der Waals surface area contributed by atoms with Crippen molar-refractivity contribution in [2.75, 3.05) is 32.7 Å². The van der Waals surface area contributed by atoms with Gasteiger partial charge in [-0.2, -0.15) is 0 Å². The Balaban J connectivity index is 2.35. The molecule has 104 valence electrons. The van der Waals surface area contributed by atoms with Gasteiger partial charge in [0.05, 0.1) is 12.5 Å². The molecule has 1 amide bonds. The molecular formula is C12H23N3O3. The maximum absolute atomic E-state index is 12.0. The van der Waals surface area contributed by atoms with Crippen LogP contribution in [0.3, 0.4) is 0 Å². The van der Waals surface area contributed by atoms with Crippen molar-refractivity contribution < 1.29 is 14.7 Å². The summed E-state index contributed by atoms with van der Waals surface area (Å²) < 4.78 is 0. The summed E-state index contributed by atoms with van der Waals surface area (Å²) in [6, 6.07) is -0.435. The zero-order valence-electron chi connectivity index (χ0n) is 11.1. The quantitative estimate of drug-likeness (QED) is 0.699. The maximum atomic E-state index is 12.0. The monoisotopic (exact) mass is 257 g/mol. The van der Waals surface area contributed by atoms with E-state index in [4.69, 9.17) is 10.8 Å². The highest BCUT2D eigenvalue weighted by atomic mass is 16.4. The van der Waals surface area contributed by atoms with Gasteiger partial charge in [0.25, 0.3) is 0 Å². The van der Waals surface area contributed by atoms with Crippen molar-refractivity contribution in [1.29, 1.82) is 0 Å². The first-order valence-electron chi connectivity index (χ1n) is 6.40. The molecule has 18 heavy (non-hydrogen) atoms. The van der Waals surface area contributed by atoms with E-state index < -0.39 is 12.0 Å². The molecule has 1 fully saturated rings. The molecule has 0 aromatic carbocycles. The smallest absolute Gasteiger partial charge is 0.304 e. The lowest BCUT2D eigenvalue weighted by molar-refractivity contribution is -0.139. The van der Waals surface area contributed by atoms with Crippen LogP contribution in [0, 0.1) is 5.92 Å². The average molecular weight is 257 g/mol. The molecule has 1 unspecified atom stereocenters. The van der Waals surface area contributed by atoms with E-state index in [0.29, 0.717) is 19.6 Å². The number of rotatable bonds is 5. The van der Waals surface area contributed by atoms with Crippen molar-refractivity contribution >= 4 is 11.9 Å². The number of aliphatic carboxylic acids is 1. The van der Waals surface area contributed by atoms with Crippen molar-refractivity contribution in [2.45, 2.75) is 26.3 Å². The molecule has 0 bridgehead atoms. The summed E-state index contributed by atoms with van der Waals surface area (Å²) in [5, 5.41) is 8.61. The third-order valence-electron chi connectivity index (χ3n) is 3.33. The zero-order chi connectivity index (χ0) is 13.7. The van der Waals surface area contributed by atoms with Crippen LogP contribution >= 0.6 is 0 Å². The highest BCUT2D eigenvalue weighted by molar-refractivity contribution is 5.82. The largest absolute Gasteiger partial charge is 0.481 e. The summed E-state index contributed by atoms with van der Waals surface area (Å²) in [5.41, 5.74) is 5.84. The van der Waals surface area contributed by atoms with E-state index in [2.05, 4.69) is 4.90 Å². The second-order valence-corrected chi connectivity index (χ2v) is 5.08. The average Bonchev–Trinajstić information content (AvgIpc) is 2.35. The molecule has 0 saturated carbocycles. The second kappa shape index (κ2) is 6.70. The van der Waals surface area contributed by atoms with Crippen LogP contribution in [0.25, 0.3) is 0 Å². The molecule has 0 spiro atoms. The second-order valence-electron chi connectivity index (χ2n) is 5.08. The lowest BCUT2D eigenvalue weighted by atomic mass is 10.0. The molecule has 1 atom stereocenters. The van der Waals surface area contributed by atoms with Gasteiger partial charge in [-0.15, -0.1) is 0 Å². The highest BCUT2D eigenvalue weighted by Crippen LogP contribution is 2.08. The topological polar surface area (TPSA) is 86.9 Å². The predicted octanol–water partition coefficient (Wildman–Crippen LogP) is -0.411. The fourth-order valence-electron chi connectivity index (χ4n) is 1.94. The minimum absolute atomic E-state index is 0.00267. The normalized spacial score (nSPS) is 19.0. The number of carbonyl (C=O) groups excluding carboxylic acids is 1. The van der Waals surface area contributed by atoms with Gasteiger partial charge in [0, 0.05) is 32.7 Å². The van der Waals surface area contributed by atoms with Gasteiger partial charge in [-0.05, 0) is 5.92 Å². The van der Waals surface area contributed by atoms with Crippen molar-refractivity contribution in [2.24, 2.45) is 11.7 Å². The van der Waals surface area contributed by atoms with Crippen molar-refractivity contribution in [3.8, 4) is 0 Å². The summed E-state index contributed by atoms with van der Waals surface area (Å²) in [6.07, 6.45) is 0.152. The molecule has 0 aromatic heterocycles. The summed E-state index contributed by atoms with van der Waals surface area (Å²) in [6.45, 7) is 7.15. The Labute approximate surface area is 108 Å². The van der Waals surface area contributed by atoms with Crippen LogP contribution < -0.4 is 5.73 Å². The summed E-state index contributed by atoms with van der Waals surface area (Å²) in [7, 11) is 0. The molecule has 1 aliphatic heterocycles. The molecule has 1 heterocycles. The molecule has 1 aliphatic rings. The molecular weight excluding hydrogens is 234 g/mol. The van der Waals surface area contributed by atoms with Crippen LogP contribution in [0.2, 0.25) is 0 Å². The molecule has 0 radical (unpaired) electrons. The number of carboxylic acid groups (broad SMARTS) is 1. The SMILES string of the molecule is CC(C)C(N)C(=O)N1CCN(CCC(=O)O)CC1. The molecule has 6 heteroatoms. The van der Waals surface area contributed by atoms with E-state index in [1.54, 1.807) is 4.90 Å². The number of amides is 1. The standard InChI is InChI=1S/C12H23N3O3/c1-9(2)11(13)12(18)15-7-5-14(6-8-15)4-3-10(16)17/h9,11H,3-8,13H2,1-2H3,(H,16,17). The lowest BCUT2D eigenvalue weighted by Crippen LogP contribution is -2.54. The first-order valence-corrected chi connectivity index (χ1v) is 6.40. The van der Waals surface area contributed by atoms with E-state index in [1.807, 2.05) is 13.8 Å². The van der Waals surface area contributed by atoms with E-state index in [0.717, 1.165) is 13.1 Å². The van der Waals surface area contributed by atoms with Gasteiger partial charge in [-0.25, -0.2) is 0 Å². The van der Waals surface area contributed by atoms with E-state index in [-0.39, 0.29) is 18.2 Å². The first-order chi connectivity index (χ1) is 8.41. The van der Waals surface area contributed by atoms with Crippen LogP contribution in [0.4, 0.5) is 0 Å². The third kappa shape index (κ3) is 4.27. The molecule has 6 nitrogen and oxygen atoms in total. The van der Waals surface area contributed by atoms with Gasteiger partial charge in [0.15, 0.2) is 0 Å². The number of carbonyl (C=O) groups is 2. The zero-order valence-corrected chi connectivity index (χ0v) is 11.1. The third-order valence-corrected chi connectivity index (χ3v) is 3.33. The summed E-state index contributed by atoms with van der Waals surface area (Å²) >= 11 is 0. The molecule has 0 aromatic rings. The van der Waals surface area contributed by atoms with Crippen molar-refractivity contribution in [3.63, 3.8) is 0 Å². The summed E-state index contributed by atoms with van der Waals surface area (Å²) in [5.74, 6) is -0.638. The van der Waals surface area contributed by atoms with Gasteiger partial charge in [-0.3, -0.25) is 14.5 Å². The minimum atomic E-state index is -0.782. The Morgan fingerprint density at radius 2 is 1.78 bits per heavy atom. The van der Waals surface area contributed by atoms with Crippen molar-refractivity contribution in [1.82, 2.24) is 9.80 Å². The Morgan fingerprint density at radius 1 is 1.22 bits per heavy atom. The fraction of sp³-hybridized carbons (Fsp3) is 0.833. The Morgan fingerprint density at radius 3 is 2.22 bits per heavy atom. The van der Waals surface area contributed by atoms with Gasteiger partial charge >= 0.3 is 5.97 Å². The molecule has 1 saturated heterocycles. The van der Waals surface area contributed by atoms with Crippen molar-refractivity contribution in [3.05, 3.63) is 0 Å². The Kier molecular flexibility index (Phi) is 5.55. The van der Waals surface area contributed by atoms with Crippen LogP contribution in [-0.2, 0) is 9.59 Å². The van der Waals surface area contributed by atoms with Gasteiger partial charge in [0.1, 0.15) is 0 Å². The van der Waals surface area contributed by atoms with E-state index in [9.17, 15) is 9.59 Å². The van der Waals surface area contributed by atoms with Crippen LogP contribution in [-0.4, -0.2) is 65.5 Å². The predicted molar refractivity (Wildman–Crippen MR) is 68.1 cm³/mol. The van der Waals surface area contributed by atoms with Gasteiger partial charge in [0.2, 0.25) is 5.91 Å². The van der Waals surface area contributed by atoms with Crippen LogP contribution in [0.15, 0.2) is 0 Å². The van der Waals surface area contributed by atoms with E-state index in [1.165, 1.54) is 0 Å². The first kappa shape index (κ1) is 14.9. The number of piperazine rings is 1. The number of carboxylic acids is 1. The molecule has 0 aliphatic carbocycles. The van der Waals surface area contributed by atoms with Gasteiger partial charge in [-0.1, -0.05) is 13.8 Å². The maximum Gasteiger partial charge on any atom is 0.304 e. The molecule has 1 rings (SSSR count). The Bertz CT molecular complexity index is 299. The van der Waals surface area contributed by atoms with E-state index >= 15 is 0 Å². The number of hydrogen-bond donors (Lipinski definition) is 2. The van der Waals surface area contributed by atoms with Crippen LogP contribution in [0.1, 0.15) is 20.3 Å². The lowest BCUT2D eigenvalue weighted by Gasteiger charge is -2.36. The van der Waals surface area contributed by atoms with Gasteiger partial charge < -0.3 is 15.7 Å². The minimum Gasteiger partial charge on any atom is -0.481 e.